The third-order valence-corrected chi connectivity index (χ3v) is 5.63. The van der Waals surface area contributed by atoms with E-state index in [4.69, 9.17) is 11.6 Å². The molecular formula is C21H18ClF5N4O3. The summed E-state index contributed by atoms with van der Waals surface area (Å²) in [5.74, 6) is -3.55. The predicted molar refractivity (Wildman–Crippen MR) is 110 cm³/mol. The average molecular weight is 505 g/mol. The van der Waals surface area contributed by atoms with Crippen LogP contribution in [0.4, 0.5) is 27.6 Å². The van der Waals surface area contributed by atoms with Gasteiger partial charge in [-0.1, -0.05) is 17.7 Å². The first-order valence-electron chi connectivity index (χ1n) is 10.0. The number of hydrogen-bond acceptors (Lipinski definition) is 7. The maximum atomic E-state index is 14.9. The van der Waals surface area contributed by atoms with Crippen LogP contribution in [0.3, 0.4) is 0 Å². The molecule has 34 heavy (non-hydrogen) atoms. The second-order valence-corrected chi connectivity index (χ2v) is 8.13. The lowest BCUT2D eigenvalue weighted by molar-refractivity contribution is -0.156. The summed E-state index contributed by atoms with van der Waals surface area (Å²) in [4.78, 5) is 2.92. The lowest BCUT2D eigenvalue weighted by Crippen LogP contribution is -2.47. The van der Waals surface area contributed by atoms with Crippen molar-refractivity contribution in [3.8, 4) is 11.5 Å². The van der Waals surface area contributed by atoms with Gasteiger partial charge in [0.1, 0.15) is 11.6 Å². The molecule has 0 aliphatic carbocycles. The Bertz CT molecular complexity index is 1180. The van der Waals surface area contributed by atoms with Gasteiger partial charge in [0.05, 0.1) is 11.1 Å². The van der Waals surface area contributed by atoms with Gasteiger partial charge in [-0.15, -0.1) is 10.2 Å². The summed E-state index contributed by atoms with van der Waals surface area (Å²) in [6, 6.07) is 7.27. The van der Waals surface area contributed by atoms with Crippen molar-refractivity contribution in [2.24, 2.45) is 0 Å². The first-order chi connectivity index (χ1) is 16.0. The highest BCUT2D eigenvalue weighted by Crippen LogP contribution is 2.32. The van der Waals surface area contributed by atoms with Crippen LogP contribution in [0.25, 0.3) is 11.5 Å². The third-order valence-electron chi connectivity index (χ3n) is 5.34. The zero-order chi connectivity index (χ0) is 24.6. The van der Waals surface area contributed by atoms with Gasteiger partial charge in [0.15, 0.2) is 6.35 Å². The van der Waals surface area contributed by atoms with Gasteiger partial charge in [-0.2, -0.15) is 13.2 Å². The van der Waals surface area contributed by atoms with E-state index >= 15 is 0 Å². The number of benzene rings is 2. The van der Waals surface area contributed by atoms with E-state index < -0.39 is 42.0 Å². The molecule has 1 unspecified atom stereocenters. The number of anilines is 1. The molecule has 3 aromatic rings. The Hall–Kier alpha value is -2.80. The number of alkyl halides is 3. The molecule has 0 amide bonds. The monoisotopic (exact) mass is 504 g/mol. The quantitative estimate of drug-likeness (QED) is 0.387. The van der Waals surface area contributed by atoms with Crippen molar-refractivity contribution in [3.05, 3.63) is 64.5 Å². The van der Waals surface area contributed by atoms with Crippen LogP contribution < -0.4 is 4.90 Å². The van der Waals surface area contributed by atoms with Crippen LogP contribution in [0.5, 0.6) is 0 Å². The average Bonchev–Trinajstić information content (AvgIpc) is 3.44. The van der Waals surface area contributed by atoms with Crippen LogP contribution in [0.15, 0.2) is 40.8 Å². The molecule has 0 bridgehead atoms. The van der Waals surface area contributed by atoms with Gasteiger partial charge >= 0.3 is 12.1 Å². The van der Waals surface area contributed by atoms with Crippen LogP contribution in [0.1, 0.15) is 17.9 Å². The standard InChI is InChI=1S/C21H18ClF5N4O3/c22-15-8-13(3-4-16(15)23)31(20(33)30-6-5-14(32)10-30)9-12-2-1-11(7-17(12)24)18-28-29-19(34-18)21(25,26)27/h1-4,7-8,14,20,32-33H,5-6,9-10H2/t14-,20?/m1/s1. The number of likely N-dealkylation sites (tertiary alicyclic amines) is 1. The number of hydrogen-bond donors (Lipinski definition) is 2. The number of rotatable bonds is 6. The fraction of sp³-hybridized carbons (Fsp3) is 0.333. The van der Waals surface area contributed by atoms with Crippen molar-refractivity contribution in [1.82, 2.24) is 15.1 Å². The Labute approximate surface area is 195 Å². The Kier molecular flexibility index (Phi) is 6.76. The fourth-order valence-electron chi connectivity index (χ4n) is 3.59. The molecule has 7 nitrogen and oxygen atoms in total. The van der Waals surface area contributed by atoms with E-state index in [-0.39, 0.29) is 34.9 Å². The molecule has 4 rings (SSSR count). The van der Waals surface area contributed by atoms with Crippen LogP contribution in [0.2, 0.25) is 5.02 Å². The van der Waals surface area contributed by atoms with E-state index in [9.17, 15) is 32.2 Å². The van der Waals surface area contributed by atoms with Crippen molar-refractivity contribution in [2.75, 3.05) is 18.0 Å². The molecule has 0 spiro atoms. The number of aliphatic hydroxyl groups excluding tert-OH is 2. The minimum atomic E-state index is -4.83. The first kappa shape index (κ1) is 24.3. The minimum Gasteiger partial charge on any atom is -0.413 e. The van der Waals surface area contributed by atoms with Gasteiger partial charge < -0.3 is 19.5 Å². The number of halogens is 6. The molecule has 1 saturated heterocycles. The van der Waals surface area contributed by atoms with Gasteiger partial charge in [-0.25, -0.2) is 8.78 Å². The van der Waals surface area contributed by atoms with E-state index in [1.165, 1.54) is 29.2 Å². The Balaban J connectivity index is 1.63. The smallest absolute Gasteiger partial charge is 0.413 e. The third kappa shape index (κ3) is 5.14. The summed E-state index contributed by atoms with van der Waals surface area (Å²) >= 11 is 5.89. The number of aromatic nitrogens is 2. The summed E-state index contributed by atoms with van der Waals surface area (Å²) in [5.41, 5.74) is 0.290. The van der Waals surface area contributed by atoms with Crippen LogP contribution in [-0.4, -0.2) is 50.9 Å². The number of aliphatic hydroxyl groups is 2. The van der Waals surface area contributed by atoms with Crippen molar-refractivity contribution in [3.63, 3.8) is 0 Å². The molecule has 1 aliphatic rings. The highest BCUT2D eigenvalue weighted by Gasteiger charge is 2.38. The lowest BCUT2D eigenvalue weighted by Gasteiger charge is -2.35. The maximum absolute atomic E-state index is 14.9. The van der Waals surface area contributed by atoms with Crippen LogP contribution >= 0.6 is 11.6 Å². The molecular weight excluding hydrogens is 487 g/mol. The zero-order valence-electron chi connectivity index (χ0n) is 17.3. The summed E-state index contributed by atoms with van der Waals surface area (Å²) < 4.78 is 71.3. The van der Waals surface area contributed by atoms with Crippen LogP contribution in [-0.2, 0) is 12.7 Å². The molecule has 1 aromatic heterocycles. The molecule has 0 radical (unpaired) electrons. The highest BCUT2D eigenvalue weighted by molar-refractivity contribution is 6.31. The normalized spacial score (nSPS) is 17.8. The van der Waals surface area contributed by atoms with Gasteiger partial charge in [-0.05, 0) is 36.8 Å². The van der Waals surface area contributed by atoms with Crippen molar-refractivity contribution in [1.29, 1.82) is 0 Å². The van der Waals surface area contributed by atoms with Crippen molar-refractivity contribution < 1.29 is 36.6 Å². The first-order valence-corrected chi connectivity index (χ1v) is 10.4. The summed E-state index contributed by atoms with van der Waals surface area (Å²) in [6.45, 7) is 0.333. The summed E-state index contributed by atoms with van der Waals surface area (Å²) in [6.07, 6.45) is -6.34. The molecule has 1 aliphatic heterocycles. The molecule has 1 fully saturated rings. The van der Waals surface area contributed by atoms with Crippen molar-refractivity contribution >= 4 is 17.3 Å². The zero-order valence-corrected chi connectivity index (χ0v) is 18.1. The van der Waals surface area contributed by atoms with Crippen LogP contribution in [0, 0.1) is 11.6 Å². The second kappa shape index (κ2) is 9.45. The van der Waals surface area contributed by atoms with E-state index in [1.807, 2.05) is 0 Å². The van der Waals surface area contributed by atoms with Gasteiger partial charge in [0.25, 0.3) is 0 Å². The molecule has 2 heterocycles. The lowest BCUT2D eigenvalue weighted by atomic mass is 10.1. The van der Waals surface area contributed by atoms with Gasteiger partial charge in [-0.3, -0.25) is 4.90 Å². The molecule has 0 saturated carbocycles. The fourth-order valence-corrected chi connectivity index (χ4v) is 3.77. The molecule has 182 valence electrons. The van der Waals surface area contributed by atoms with E-state index in [2.05, 4.69) is 14.6 Å². The summed E-state index contributed by atoms with van der Waals surface area (Å²) in [7, 11) is 0. The van der Waals surface area contributed by atoms with Crippen molar-refractivity contribution in [2.45, 2.75) is 31.6 Å². The van der Waals surface area contributed by atoms with E-state index in [0.29, 0.717) is 13.0 Å². The molecule has 2 atom stereocenters. The topological polar surface area (TPSA) is 85.9 Å². The Morgan fingerprint density at radius 3 is 2.50 bits per heavy atom. The molecule has 13 heteroatoms. The Morgan fingerprint density at radius 1 is 1.15 bits per heavy atom. The minimum absolute atomic E-state index is 0.0659. The maximum Gasteiger partial charge on any atom is 0.470 e. The number of β-amino-alcohol motifs (C(OH)–C–C–N with tert-alkyl or cyclic N) is 1. The second-order valence-electron chi connectivity index (χ2n) is 7.73. The largest absolute Gasteiger partial charge is 0.470 e. The number of nitrogens with zero attached hydrogens (tertiary/aromatic N) is 4. The summed E-state index contributed by atoms with van der Waals surface area (Å²) in [5, 5.41) is 26.8. The predicted octanol–water partition coefficient (Wildman–Crippen LogP) is 4.04. The molecule has 2 aromatic carbocycles. The van der Waals surface area contributed by atoms with E-state index in [1.54, 1.807) is 4.90 Å². The van der Waals surface area contributed by atoms with E-state index in [0.717, 1.165) is 12.1 Å². The molecule has 2 N–H and O–H groups in total. The van der Waals surface area contributed by atoms with Gasteiger partial charge in [0, 0.05) is 36.4 Å². The Morgan fingerprint density at radius 2 is 1.91 bits per heavy atom. The SMILES string of the molecule is OC(N1CC[C@@H](O)C1)N(Cc1ccc(-c2nnc(C(F)(F)F)o2)cc1F)c1ccc(F)c(Cl)c1. The highest BCUT2D eigenvalue weighted by atomic mass is 35.5. The van der Waals surface area contributed by atoms with Gasteiger partial charge in [0.2, 0.25) is 5.89 Å².